The molecule has 3 heterocycles. The van der Waals surface area contributed by atoms with E-state index in [9.17, 15) is 4.79 Å². The van der Waals surface area contributed by atoms with Gasteiger partial charge in [-0.2, -0.15) is 4.98 Å². The van der Waals surface area contributed by atoms with Gasteiger partial charge in [0, 0.05) is 16.8 Å². The second-order valence-electron chi connectivity index (χ2n) is 5.41. The molecule has 24 heavy (non-hydrogen) atoms. The van der Waals surface area contributed by atoms with Gasteiger partial charge in [-0.3, -0.25) is 4.57 Å². The fourth-order valence-corrected chi connectivity index (χ4v) is 3.71. The van der Waals surface area contributed by atoms with Crippen molar-refractivity contribution in [1.82, 2.24) is 19.1 Å². The first kappa shape index (κ1) is 15.1. The van der Waals surface area contributed by atoms with Crippen LogP contribution in [0.5, 0.6) is 0 Å². The third kappa shape index (κ3) is 2.53. The fourth-order valence-electron chi connectivity index (χ4n) is 2.74. The molecule has 2 aliphatic heterocycles. The van der Waals surface area contributed by atoms with Crippen molar-refractivity contribution < 1.29 is 0 Å². The topological polar surface area (TPSA) is 52.7 Å². The van der Waals surface area contributed by atoms with Crippen LogP contribution in [0.1, 0.15) is 10.6 Å². The van der Waals surface area contributed by atoms with Gasteiger partial charge in [-0.15, -0.1) is 11.3 Å². The largest absolute Gasteiger partial charge is 0.354 e. The van der Waals surface area contributed by atoms with Crippen LogP contribution in [0.15, 0.2) is 53.5 Å². The number of aromatic nitrogens is 4. The molecule has 0 radical (unpaired) electrons. The first-order valence-electron chi connectivity index (χ1n) is 7.38. The summed E-state index contributed by atoms with van der Waals surface area (Å²) >= 11 is 7.35. The van der Waals surface area contributed by atoms with Crippen molar-refractivity contribution in [1.29, 1.82) is 0 Å². The van der Waals surface area contributed by atoms with Crippen molar-refractivity contribution in [3.63, 3.8) is 0 Å². The Kier molecular flexibility index (Phi) is 3.70. The van der Waals surface area contributed by atoms with Crippen LogP contribution < -0.4 is 5.69 Å². The molecule has 0 saturated heterocycles. The number of nitrogens with zero attached hydrogens (tertiary/aromatic N) is 4. The maximum Gasteiger partial charge on any atom is 0.354 e. The number of hydrogen-bond donors (Lipinski definition) is 0. The predicted octanol–water partition coefficient (Wildman–Crippen LogP) is 3.61. The average Bonchev–Trinajstić information content (AvgIpc) is 3.13. The Balaban J connectivity index is 1.87. The van der Waals surface area contributed by atoms with E-state index in [-0.39, 0.29) is 5.69 Å². The van der Waals surface area contributed by atoms with Crippen molar-refractivity contribution in [2.24, 2.45) is 0 Å². The number of benzene rings is 1. The Labute approximate surface area is 147 Å². The highest BCUT2D eigenvalue weighted by Crippen LogP contribution is 2.26. The molecular weight excluding hydrogens is 344 g/mol. The number of imidazole rings is 1. The zero-order chi connectivity index (χ0) is 16.7. The van der Waals surface area contributed by atoms with Gasteiger partial charge < -0.3 is 4.57 Å². The highest BCUT2D eigenvalue weighted by molar-refractivity contribution is 7.15. The van der Waals surface area contributed by atoms with Crippen molar-refractivity contribution >= 4 is 22.9 Å². The summed E-state index contributed by atoms with van der Waals surface area (Å²) < 4.78 is 4.15. The molecule has 0 N–H and O–H groups in total. The maximum absolute atomic E-state index is 12.5. The molecule has 0 fully saturated rings. The van der Waals surface area contributed by atoms with Gasteiger partial charge in [-0.25, -0.2) is 9.78 Å². The molecule has 0 atom stereocenters. The van der Waals surface area contributed by atoms with E-state index in [4.69, 9.17) is 11.6 Å². The first-order valence-corrected chi connectivity index (χ1v) is 8.57. The molecule has 1 aromatic carbocycles. The van der Waals surface area contributed by atoms with E-state index in [1.165, 1.54) is 11.3 Å². The van der Waals surface area contributed by atoms with E-state index in [2.05, 4.69) is 9.97 Å². The van der Waals surface area contributed by atoms with Crippen molar-refractivity contribution in [2.75, 3.05) is 0 Å². The fraction of sp³-hybridized carbons (Fsp3) is 0.118. The molecular formula is C17H13ClN4OS. The van der Waals surface area contributed by atoms with Gasteiger partial charge in [0.2, 0.25) is 0 Å². The Morgan fingerprint density at radius 2 is 1.96 bits per heavy atom. The second-order valence-corrected chi connectivity index (χ2v) is 7.11. The maximum atomic E-state index is 12.5. The summed E-state index contributed by atoms with van der Waals surface area (Å²) in [4.78, 5) is 21.8. The van der Waals surface area contributed by atoms with Gasteiger partial charge in [-0.05, 0) is 31.2 Å². The van der Waals surface area contributed by atoms with E-state index in [0.29, 0.717) is 16.8 Å². The highest BCUT2D eigenvalue weighted by atomic mass is 35.5. The molecule has 2 aromatic rings. The molecule has 2 aliphatic rings. The lowest BCUT2D eigenvalue weighted by Crippen LogP contribution is -2.14. The Bertz CT molecular complexity index is 1030. The summed E-state index contributed by atoms with van der Waals surface area (Å²) in [7, 11) is 0. The monoisotopic (exact) mass is 356 g/mol. The van der Waals surface area contributed by atoms with Gasteiger partial charge in [0.15, 0.2) is 10.3 Å². The summed E-state index contributed by atoms with van der Waals surface area (Å²) in [6.07, 6.45) is 1.75. The van der Waals surface area contributed by atoms with Crippen LogP contribution in [-0.2, 0) is 6.54 Å². The Morgan fingerprint density at radius 3 is 2.67 bits per heavy atom. The quantitative estimate of drug-likeness (QED) is 0.563. The molecule has 5 nitrogen and oxygen atoms in total. The highest BCUT2D eigenvalue weighted by Gasteiger charge is 2.20. The number of thiazole rings is 1. The number of hydrogen-bond acceptors (Lipinski definition) is 4. The van der Waals surface area contributed by atoms with Gasteiger partial charge in [-0.1, -0.05) is 29.8 Å². The Morgan fingerprint density at radius 1 is 1.17 bits per heavy atom. The third-order valence-corrected chi connectivity index (χ3v) is 4.98. The van der Waals surface area contributed by atoms with Crippen molar-refractivity contribution in [3.8, 4) is 17.2 Å². The van der Waals surface area contributed by atoms with E-state index >= 15 is 0 Å². The SMILES string of the molecule is Cc1ccc2n(-c3ccccc3)c(=O)nc-2n1Cc1cnc(Cl)s1. The molecule has 0 amide bonds. The summed E-state index contributed by atoms with van der Waals surface area (Å²) in [5.74, 6) is 0.661. The minimum absolute atomic E-state index is 0.280. The molecule has 120 valence electrons. The normalized spacial score (nSPS) is 11.2. The van der Waals surface area contributed by atoms with Crippen LogP contribution in [0.2, 0.25) is 4.47 Å². The van der Waals surface area contributed by atoms with Crippen molar-refractivity contribution in [2.45, 2.75) is 13.5 Å². The number of halogens is 1. The smallest absolute Gasteiger partial charge is 0.323 e. The molecule has 7 heteroatoms. The van der Waals surface area contributed by atoms with E-state index in [0.717, 1.165) is 22.0 Å². The lowest BCUT2D eigenvalue weighted by atomic mass is 10.2. The standard InChI is InChI=1S/C17H13ClN4OS/c1-11-7-8-14-15(21(11)10-13-9-19-16(18)24-13)20-17(23)22(14)12-5-3-2-4-6-12/h2-9H,10H2,1H3. The lowest BCUT2D eigenvalue weighted by molar-refractivity contribution is 0.761. The summed E-state index contributed by atoms with van der Waals surface area (Å²) in [6, 6.07) is 13.5. The first-order chi connectivity index (χ1) is 11.6. The van der Waals surface area contributed by atoms with E-state index in [1.54, 1.807) is 10.8 Å². The van der Waals surface area contributed by atoms with Crippen molar-refractivity contribution in [3.05, 3.63) is 74.2 Å². The number of aryl methyl sites for hydroxylation is 1. The summed E-state index contributed by atoms with van der Waals surface area (Å²) in [5.41, 5.74) is 2.33. The second kappa shape index (κ2) is 5.89. The molecule has 0 unspecified atom stereocenters. The molecule has 0 bridgehead atoms. The van der Waals surface area contributed by atoms with Crippen LogP contribution in [0, 0.1) is 6.92 Å². The van der Waals surface area contributed by atoms with E-state index in [1.807, 2.05) is 54.0 Å². The summed E-state index contributed by atoms with van der Waals surface area (Å²) in [5, 5.41) is 0. The molecule has 0 spiro atoms. The van der Waals surface area contributed by atoms with Crippen LogP contribution >= 0.6 is 22.9 Å². The molecule has 0 aliphatic carbocycles. The molecule has 0 saturated carbocycles. The minimum atomic E-state index is -0.280. The van der Waals surface area contributed by atoms with Crippen LogP contribution in [0.4, 0.5) is 0 Å². The van der Waals surface area contributed by atoms with Crippen LogP contribution in [0.3, 0.4) is 0 Å². The Hall–Kier alpha value is -2.44. The molecule has 1 aromatic heterocycles. The zero-order valence-electron chi connectivity index (χ0n) is 12.8. The summed E-state index contributed by atoms with van der Waals surface area (Å²) in [6.45, 7) is 2.58. The van der Waals surface area contributed by atoms with Gasteiger partial charge in [0.1, 0.15) is 0 Å². The van der Waals surface area contributed by atoms with E-state index < -0.39 is 0 Å². The number of fused-ring (bicyclic) bond motifs is 1. The number of rotatable bonds is 3. The van der Waals surface area contributed by atoms with Gasteiger partial charge in [0.05, 0.1) is 17.9 Å². The van der Waals surface area contributed by atoms with Crippen LogP contribution in [0.25, 0.3) is 17.2 Å². The predicted molar refractivity (Wildman–Crippen MR) is 95.4 cm³/mol. The molecule has 4 rings (SSSR count). The number of pyridine rings is 1. The lowest BCUT2D eigenvalue weighted by Gasteiger charge is -2.15. The third-order valence-electron chi connectivity index (χ3n) is 3.88. The average molecular weight is 357 g/mol. The van der Waals surface area contributed by atoms with Gasteiger partial charge >= 0.3 is 5.69 Å². The zero-order valence-corrected chi connectivity index (χ0v) is 14.4. The van der Waals surface area contributed by atoms with Crippen LogP contribution in [-0.4, -0.2) is 19.1 Å². The minimum Gasteiger partial charge on any atom is -0.323 e. The van der Waals surface area contributed by atoms with Gasteiger partial charge in [0.25, 0.3) is 0 Å². The number of para-hydroxylation sites is 1.